The van der Waals surface area contributed by atoms with Crippen molar-refractivity contribution in [3.8, 4) is 0 Å². The van der Waals surface area contributed by atoms with Crippen molar-refractivity contribution in [3.05, 3.63) is 34.9 Å². The van der Waals surface area contributed by atoms with Gasteiger partial charge in [-0.15, -0.1) is 0 Å². The number of nitrogens with zero attached hydrogens (tertiary/aromatic N) is 1. The number of hydrogen-bond donors (Lipinski definition) is 1. The second-order valence-electron chi connectivity index (χ2n) is 4.47. The second-order valence-corrected chi connectivity index (χ2v) is 4.88. The van der Waals surface area contributed by atoms with Crippen LogP contribution in [0.15, 0.2) is 24.3 Å². The van der Waals surface area contributed by atoms with Crippen LogP contribution >= 0.6 is 11.6 Å². The van der Waals surface area contributed by atoms with Crippen LogP contribution in [0.1, 0.15) is 12.5 Å². The first-order valence-electron chi connectivity index (χ1n) is 5.45. The molecule has 0 saturated carbocycles. The monoisotopic (exact) mass is 254 g/mol. The van der Waals surface area contributed by atoms with Crippen molar-refractivity contribution in [3.63, 3.8) is 0 Å². The fourth-order valence-electron chi connectivity index (χ4n) is 1.83. The van der Waals surface area contributed by atoms with Crippen LogP contribution in [0.25, 0.3) is 0 Å². The lowest BCUT2D eigenvalue weighted by atomic mass is 10.1. The van der Waals surface area contributed by atoms with Crippen molar-refractivity contribution >= 4 is 17.7 Å². The largest absolute Gasteiger partial charge is 0.440 e. The van der Waals surface area contributed by atoms with Crippen molar-refractivity contribution < 1.29 is 9.53 Å². The molecule has 5 heteroatoms. The summed E-state index contributed by atoms with van der Waals surface area (Å²) in [4.78, 5) is 13.3. The minimum atomic E-state index is -0.585. The Hall–Kier alpha value is -1.26. The third-order valence-electron chi connectivity index (χ3n) is 2.87. The van der Waals surface area contributed by atoms with Crippen LogP contribution in [-0.4, -0.2) is 29.7 Å². The van der Waals surface area contributed by atoms with Gasteiger partial charge >= 0.3 is 6.09 Å². The smallest absolute Gasteiger partial charge is 0.410 e. The number of rotatable bonds is 3. The van der Waals surface area contributed by atoms with E-state index in [1.54, 1.807) is 11.0 Å². The molecule has 1 aliphatic rings. The number of ether oxygens (including phenoxy) is 1. The molecule has 1 aliphatic heterocycles. The molecule has 1 heterocycles. The van der Waals surface area contributed by atoms with Crippen molar-refractivity contribution in [2.24, 2.45) is 5.73 Å². The van der Waals surface area contributed by atoms with Gasteiger partial charge in [-0.2, -0.15) is 0 Å². The average Bonchev–Trinajstić information content (AvgIpc) is 2.58. The van der Waals surface area contributed by atoms with Crippen molar-refractivity contribution in [1.82, 2.24) is 4.90 Å². The van der Waals surface area contributed by atoms with Gasteiger partial charge in [0, 0.05) is 11.6 Å². The van der Waals surface area contributed by atoms with E-state index in [2.05, 4.69) is 0 Å². The van der Waals surface area contributed by atoms with Gasteiger partial charge in [-0.25, -0.2) is 4.79 Å². The highest BCUT2D eigenvalue weighted by Gasteiger charge is 2.40. The molecule has 1 unspecified atom stereocenters. The predicted octanol–water partition coefficient (Wildman–Crippen LogP) is 2.01. The van der Waals surface area contributed by atoms with Crippen LogP contribution < -0.4 is 5.73 Å². The number of nitrogens with two attached hydrogens (primary N) is 1. The molecule has 0 radical (unpaired) electrons. The molecule has 0 aliphatic carbocycles. The number of amides is 1. The first-order valence-corrected chi connectivity index (χ1v) is 5.83. The van der Waals surface area contributed by atoms with Crippen molar-refractivity contribution in [1.29, 1.82) is 0 Å². The minimum absolute atomic E-state index is 0.317. The fraction of sp³-hybridized carbons (Fsp3) is 0.417. The maximum absolute atomic E-state index is 11.7. The van der Waals surface area contributed by atoms with Gasteiger partial charge in [-0.1, -0.05) is 29.8 Å². The summed E-state index contributed by atoms with van der Waals surface area (Å²) in [7, 11) is 0. The van der Waals surface area contributed by atoms with Crippen LogP contribution in [-0.2, 0) is 11.3 Å². The van der Waals surface area contributed by atoms with Gasteiger partial charge in [0.1, 0.15) is 5.60 Å². The van der Waals surface area contributed by atoms with Gasteiger partial charge in [-0.05, 0) is 18.6 Å². The van der Waals surface area contributed by atoms with E-state index in [1.165, 1.54) is 0 Å². The number of halogens is 1. The maximum Gasteiger partial charge on any atom is 0.410 e. The summed E-state index contributed by atoms with van der Waals surface area (Å²) in [5.74, 6) is 0. The molecule has 2 N–H and O–H groups in total. The second kappa shape index (κ2) is 4.55. The molecule has 4 nitrogen and oxygen atoms in total. The summed E-state index contributed by atoms with van der Waals surface area (Å²) >= 11 is 6.05. The molecular formula is C12H15ClN2O2. The molecule has 0 spiro atoms. The first-order chi connectivity index (χ1) is 8.04. The number of carbonyl (C=O) groups is 1. The molecule has 1 aromatic carbocycles. The molecular weight excluding hydrogens is 240 g/mol. The molecule has 0 aromatic heterocycles. The number of carbonyl (C=O) groups excluding carboxylic acids is 1. The molecule has 17 heavy (non-hydrogen) atoms. The summed E-state index contributed by atoms with van der Waals surface area (Å²) < 4.78 is 5.24. The standard InChI is InChI=1S/C12H15ClN2O2/c1-12(7-14)8-15(11(16)17-12)6-9-4-2-3-5-10(9)13/h2-5H,6-8,14H2,1H3. The van der Waals surface area contributed by atoms with Crippen LogP contribution in [0, 0.1) is 0 Å². The quantitative estimate of drug-likeness (QED) is 0.898. The Morgan fingerprint density at radius 2 is 2.24 bits per heavy atom. The average molecular weight is 255 g/mol. The lowest BCUT2D eigenvalue weighted by Gasteiger charge is -2.19. The highest BCUT2D eigenvalue weighted by molar-refractivity contribution is 6.31. The fourth-order valence-corrected chi connectivity index (χ4v) is 2.03. The van der Waals surface area contributed by atoms with E-state index in [1.807, 2.05) is 25.1 Å². The molecule has 1 atom stereocenters. The van der Waals surface area contributed by atoms with E-state index in [-0.39, 0.29) is 6.09 Å². The van der Waals surface area contributed by atoms with Crippen molar-refractivity contribution in [2.75, 3.05) is 13.1 Å². The highest BCUT2D eigenvalue weighted by Crippen LogP contribution is 2.25. The lowest BCUT2D eigenvalue weighted by Crippen LogP contribution is -2.38. The number of cyclic esters (lactones) is 1. The van der Waals surface area contributed by atoms with Crippen LogP contribution in [0.3, 0.4) is 0 Å². The Balaban J connectivity index is 2.11. The first kappa shape index (κ1) is 12.2. The Morgan fingerprint density at radius 3 is 2.82 bits per heavy atom. The van der Waals surface area contributed by atoms with Crippen LogP contribution in [0.2, 0.25) is 5.02 Å². The third kappa shape index (κ3) is 2.53. The predicted molar refractivity (Wildman–Crippen MR) is 65.8 cm³/mol. The highest BCUT2D eigenvalue weighted by atomic mass is 35.5. The van der Waals surface area contributed by atoms with E-state index in [9.17, 15) is 4.79 Å². The Kier molecular flexibility index (Phi) is 3.26. The molecule has 1 saturated heterocycles. The summed E-state index contributed by atoms with van der Waals surface area (Å²) in [5, 5.41) is 0.654. The minimum Gasteiger partial charge on any atom is -0.440 e. The zero-order valence-electron chi connectivity index (χ0n) is 9.65. The molecule has 2 rings (SSSR count). The summed E-state index contributed by atoms with van der Waals surface area (Å²) in [6.45, 7) is 3.09. The van der Waals surface area contributed by atoms with E-state index < -0.39 is 5.60 Å². The maximum atomic E-state index is 11.7. The Morgan fingerprint density at radius 1 is 1.53 bits per heavy atom. The molecule has 92 valence electrons. The Bertz CT molecular complexity index is 438. The molecule has 1 aromatic rings. The van der Waals surface area contributed by atoms with Crippen LogP contribution in [0.4, 0.5) is 4.79 Å². The van der Waals surface area contributed by atoms with Gasteiger partial charge in [-0.3, -0.25) is 4.90 Å². The van der Waals surface area contributed by atoms with Gasteiger partial charge in [0.05, 0.1) is 13.1 Å². The third-order valence-corrected chi connectivity index (χ3v) is 3.24. The van der Waals surface area contributed by atoms with E-state index in [0.717, 1.165) is 5.56 Å². The SMILES string of the molecule is CC1(CN)CN(Cc2ccccc2Cl)C(=O)O1. The van der Waals surface area contributed by atoms with Gasteiger partial charge in [0.25, 0.3) is 0 Å². The zero-order valence-corrected chi connectivity index (χ0v) is 10.4. The molecule has 1 amide bonds. The molecule has 0 bridgehead atoms. The summed E-state index contributed by atoms with van der Waals surface area (Å²) in [5.41, 5.74) is 5.91. The Labute approximate surface area is 105 Å². The van der Waals surface area contributed by atoms with E-state index in [0.29, 0.717) is 24.7 Å². The van der Waals surface area contributed by atoms with Gasteiger partial charge in [0.15, 0.2) is 0 Å². The topological polar surface area (TPSA) is 55.6 Å². The van der Waals surface area contributed by atoms with E-state index >= 15 is 0 Å². The summed E-state index contributed by atoms with van der Waals surface area (Å²) in [6, 6.07) is 7.46. The number of benzene rings is 1. The van der Waals surface area contributed by atoms with Gasteiger partial charge < -0.3 is 10.5 Å². The van der Waals surface area contributed by atoms with Crippen LogP contribution in [0.5, 0.6) is 0 Å². The zero-order chi connectivity index (χ0) is 12.5. The van der Waals surface area contributed by atoms with Crippen molar-refractivity contribution in [2.45, 2.75) is 19.1 Å². The summed E-state index contributed by atoms with van der Waals surface area (Å²) in [6.07, 6.45) is -0.335. The molecule has 1 fully saturated rings. The van der Waals surface area contributed by atoms with Gasteiger partial charge in [0.2, 0.25) is 0 Å². The van der Waals surface area contributed by atoms with E-state index in [4.69, 9.17) is 22.1 Å². The lowest BCUT2D eigenvalue weighted by molar-refractivity contribution is 0.0781. The number of hydrogen-bond acceptors (Lipinski definition) is 3. The normalized spacial score (nSPS) is 23.9.